The Kier molecular flexibility index (Phi) is 4.54. The number of nitrogens with zero attached hydrogens (tertiary/aromatic N) is 3. The van der Waals surface area contributed by atoms with Gasteiger partial charge in [-0.3, -0.25) is 9.89 Å². The van der Waals surface area contributed by atoms with E-state index in [0.29, 0.717) is 11.5 Å². The number of carbonyl (C=O) groups excluding carboxylic acids is 1. The Morgan fingerprint density at radius 2 is 2.11 bits per heavy atom. The van der Waals surface area contributed by atoms with Gasteiger partial charge in [0.05, 0.1) is 17.1 Å². The van der Waals surface area contributed by atoms with Gasteiger partial charge in [-0.15, -0.1) is 12.4 Å². The molecule has 106 valence electrons. The van der Waals surface area contributed by atoms with Crippen molar-refractivity contribution in [2.45, 2.75) is 26.8 Å². The summed E-state index contributed by atoms with van der Waals surface area (Å²) in [5.74, 6) is 0.411. The molecule has 4 N–H and O–H groups in total. The Hall–Kier alpha value is -1.60. The van der Waals surface area contributed by atoms with Crippen LogP contribution in [0.5, 0.6) is 0 Å². The monoisotopic (exact) mass is 286 g/mol. The van der Waals surface area contributed by atoms with E-state index in [1.165, 1.54) is 0 Å². The first-order chi connectivity index (χ1) is 8.41. The molecule has 19 heavy (non-hydrogen) atoms. The van der Waals surface area contributed by atoms with E-state index in [2.05, 4.69) is 20.6 Å². The lowest BCUT2D eigenvalue weighted by atomic mass is 10.1. The molecule has 0 aliphatic rings. The molecule has 1 amide bonds. The van der Waals surface area contributed by atoms with Crippen molar-refractivity contribution in [2.75, 3.05) is 5.32 Å². The number of nitrogens with one attached hydrogen (secondary N) is 2. The zero-order chi connectivity index (χ0) is 13.4. The summed E-state index contributed by atoms with van der Waals surface area (Å²) in [4.78, 5) is 11.9. The lowest BCUT2D eigenvalue weighted by Gasteiger charge is -2.14. The Balaban J connectivity index is 0.00000180. The highest BCUT2D eigenvalue weighted by atomic mass is 35.5. The van der Waals surface area contributed by atoms with Gasteiger partial charge in [0.25, 0.3) is 0 Å². The van der Waals surface area contributed by atoms with E-state index in [1.807, 2.05) is 27.8 Å². The fourth-order valence-corrected chi connectivity index (χ4v) is 1.83. The lowest BCUT2D eigenvalue weighted by molar-refractivity contribution is -0.118. The summed E-state index contributed by atoms with van der Waals surface area (Å²) in [6.07, 6.45) is 0. The smallest absolute Gasteiger partial charge is 0.242 e. The van der Waals surface area contributed by atoms with Crippen LogP contribution in [-0.4, -0.2) is 31.9 Å². The summed E-state index contributed by atoms with van der Waals surface area (Å²) < 4.78 is 1.67. The van der Waals surface area contributed by atoms with Crippen molar-refractivity contribution in [1.82, 2.24) is 20.0 Å². The first-order valence-corrected chi connectivity index (χ1v) is 5.86. The molecule has 0 aliphatic heterocycles. The highest BCUT2D eigenvalue weighted by Gasteiger charge is 2.20. The summed E-state index contributed by atoms with van der Waals surface area (Å²) in [5, 5.41) is 14.8. The molecule has 2 aromatic rings. The molecule has 2 aromatic heterocycles. The van der Waals surface area contributed by atoms with Crippen LogP contribution in [0.3, 0.4) is 0 Å². The maximum atomic E-state index is 11.9. The highest BCUT2D eigenvalue weighted by molar-refractivity contribution is 6.01. The molecule has 0 fully saturated rings. The van der Waals surface area contributed by atoms with Crippen LogP contribution in [0.15, 0.2) is 0 Å². The van der Waals surface area contributed by atoms with Gasteiger partial charge in [0, 0.05) is 7.05 Å². The molecule has 1 atom stereocenters. The number of amides is 1. The zero-order valence-corrected chi connectivity index (χ0v) is 12.2. The number of aryl methyl sites for hydroxylation is 2. The third-order valence-electron chi connectivity index (χ3n) is 2.98. The van der Waals surface area contributed by atoms with Crippen molar-refractivity contribution >= 4 is 35.2 Å². The number of rotatable bonds is 3. The van der Waals surface area contributed by atoms with E-state index >= 15 is 0 Å². The Labute approximate surface area is 117 Å². The van der Waals surface area contributed by atoms with Gasteiger partial charge in [-0.25, -0.2) is 4.68 Å². The van der Waals surface area contributed by atoms with Gasteiger partial charge >= 0.3 is 0 Å². The average Bonchev–Trinajstić information content (AvgIpc) is 2.82. The minimum atomic E-state index is -0.541. The SMILES string of the molecule is Cc1nn(C)c2n[nH]c(NC(=O)C(N)C(C)C)c12.Cl. The molecular formula is C11H19ClN6O. The zero-order valence-electron chi connectivity index (χ0n) is 11.4. The molecule has 0 saturated carbocycles. The highest BCUT2D eigenvalue weighted by Crippen LogP contribution is 2.23. The second kappa shape index (κ2) is 5.58. The van der Waals surface area contributed by atoms with Gasteiger partial charge in [0.1, 0.15) is 5.82 Å². The first-order valence-electron chi connectivity index (χ1n) is 5.86. The standard InChI is InChI=1S/C11H18N6O.ClH/c1-5(2)8(12)11(18)13-9-7-6(3)16-17(4)10(7)15-14-9;/h5,8H,12H2,1-4H3,(H2,13,14,15,18);1H. The van der Waals surface area contributed by atoms with E-state index in [-0.39, 0.29) is 24.2 Å². The van der Waals surface area contributed by atoms with Crippen molar-refractivity contribution in [3.8, 4) is 0 Å². The second-order valence-electron chi connectivity index (χ2n) is 4.77. The molecule has 2 rings (SSSR count). The third kappa shape index (κ3) is 2.71. The summed E-state index contributed by atoms with van der Waals surface area (Å²) >= 11 is 0. The largest absolute Gasteiger partial charge is 0.320 e. The number of hydrogen-bond donors (Lipinski definition) is 3. The minimum absolute atomic E-state index is 0. The number of H-pyrrole nitrogens is 1. The predicted molar refractivity (Wildman–Crippen MR) is 76.3 cm³/mol. The predicted octanol–water partition coefficient (Wildman–Crippen LogP) is 0.948. The van der Waals surface area contributed by atoms with Crippen molar-refractivity contribution in [1.29, 1.82) is 0 Å². The Morgan fingerprint density at radius 3 is 2.68 bits per heavy atom. The molecule has 0 aliphatic carbocycles. The Bertz CT molecular complexity index is 587. The molecule has 0 aromatic carbocycles. The minimum Gasteiger partial charge on any atom is -0.320 e. The van der Waals surface area contributed by atoms with Crippen LogP contribution in [0.4, 0.5) is 5.82 Å². The molecule has 0 saturated heterocycles. The van der Waals surface area contributed by atoms with Gasteiger partial charge in [-0.1, -0.05) is 13.8 Å². The molecular weight excluding hydrogens is 268 g/mol. The number of carbonyl (C=O) groups is 1. The van der Waals surface area contributed by atoms with Crippen LogP contribution in [0.25, 0.3) is 11.0 Å². The number of halogens is 1. The van der Waals surface area contributed by atoms with Gasteiger partial charge in [0.15, 0.2) is 5.65 Å². The third-order valence-corrected chi connectivity index (χ3v) is 2.98. The van der Waals surface area contributed by atoms with Crippen LogP contribution in [-0.2, 0) is 11.8 Å². The number of aromatic amines is 1. The van der Waals surface area contributed by atoms with Crippen LogP contribution < -0.4 is 11.1 Å². The van der Waals surface area contributed by atoms with E-state index in [0.717, 1.165) is 11.1 Å². The van der Waals surface area contributed by atoms with Crippen LogP contribution in [0, 0.1) is 12.8 Å². The van der Waals surface area contributed by atoms with Crippen LogP contribution in [0.1, 0.15) is 19.5 Å². The fourth-order valence-electron chi connectivity index (χ4n) is 1.83. The van der Waals surface area contributed by atoms with Gasteiger partial charge in [-0.2, -0.15) is 10.2 Å². The quantitative estimate of drug-likeness (QED) is 0.782. The second-order valence-corrected chi connectivity index (χ2v) is 4.77. The number of fused-ring (bicyclic) bond motifs is 1. The van der Waals surface area contributed by atoms with Crippen molar-refractivity contribution in [3.63, 3.8) is 0 Å². The normalized spacial score (nSPS) is 12.5. The van der Waals surface area contributed by atoms with E-state index in [9.17, 15) is 4.79 Å². The number of anilines is 1. The van der Waals surface area contributed by atoms with Gasteiger partial charge in [0.2, 0.25) is 5.91 Å². The molecule has 7 nitrogen and oxygen atoms in total. The number of nitrogens with two attached hydrogens (primary N) is 1. The van der Waals surface area contributed by atoms with Crippen molar-refractivity contribution in [2.24, 2.45) is 18.7 Å². The summed E-state index contributed by atoms with van der Waals surface area (Å²) in [7, 11) is 1.81. The fraction of sp³-hybridized carbons (Fsp3) is 0.545. The van der Waals surface area contributed by atoms with Crippen LogP contribution in [0.2, 0.25) is 0 Å². The van der Waals surface area contributed by atoms with Gasteiger partial charge in [-0.05, 0) is 12.8 Å². The van der Waals surface area contributed by atoms with E-state index in [1.54, 1.807) is 4.68 Å². The summed E-state index contributed by atoms with van der Waals surface area (Å²) in [6.45, 7) is 5.68. The average molecular weight is 287 g/mol. The molecule has 0 bridgehead atoms. The van der Waals surface area contributed by atoms with Crippen LogP contribution >= 0.6 is 12.4 Å². The number of aromatic nitrogens is 4. The van der Waals surface area contributed by atoms with Gasteiger partial charge < -0.3 is 11.1 Å². The molecule has 0 radical (unpaired) electrons. The van der Waals surface area contributed by atoms with E-state index in [4.69, 9.17) is 5.73 Å². The topological polar surface area (TPSA) is 102 Å². The number of hydrogen-bond acceptors (Lipinski definition) is 4. The molecule has 0 spiro atoms. The van der Waals surface area contributed by atoms with E-state index < -0.39 is 6.04 Å². The van der Waals surface area contributed by atoms with Crippen molar-refractivity contribution in [3.05, 3.63) is 5.69 Å². The maximum absolute atomic E-state index is 11.9. The molecule has 1 unspecified atom stereocenters. The van der Waals surface area contributed by atoms with Crippen molar-refractivity contribution < 1.29 is 4.79 Å². The first kappa shape index (κ1) is 15.5. The molecule has 2 heterocycles. The molecule has 8 heteroatoms. The maximum Gasteiger partial charge on any atom is 0.242 e. The summed E-state index contributed by atoms with van der Waals surface area (Å²) in [5.41, 5.74) is 7.32. The lowest BCUT2D eigenvalue weighted by Crippen LogP contribution is -2.39. The summed E-state index contributed by atoms with van der Waals surface area (Å²) in [6, 6.07) is -0.541. The Morgan fingerprint density at radius 1 is 1.47 bits per heavy atom.